The number of nitrogens with one attached hydrogen (secondary N) is 3. The number of hydrogen-bond acceptors (Lipinski definition) is 5. The minimum atomic E-state index is -3.65. The van der Waals surface area contributed by atoms with Gasteiger partial charge < -0.3 is 15.1 Å². The van der Waals surface area contributed by atoms with Crippen LogP contribution in [0.15, 0.2) is 64.2 Å². The van der Waals surface area contributed by atoms with Crippen molar-refractivity contribution < 1.29 is 17.2 Å². The van der Waals surface area contributed by atoms with Crippen LogP contribution in [0.3, 0.4) is 0 Å². The summed E-state index contributed by atoms with van der Waals surface area (Å²) in [5, 5.41) is 5.98. The van der Waals surface area contributed by atoms with E-state index in [1.54, 1.807) is 20.2 Å². The smallest absolute Gasteiger partial charge is 0.234 e. The van der Waals surface area contributed by atoms with Gasteiger partial charge in [-0.15, -0.1) is 0 Å². The second-order valence-corrected chi connectivity index (χ2v) is 8.59. The lowest BCUT2D eigenvalue weighted by Crippen LogP contribution is -2.39. The first kappa shape index (κ1) is 22.3. The van der Waals surface area contributed by atoms with Crippen LogP contribution >= 0.6 is 0 Å². The summed E-state index contributed by atoms with van der Waals surface area (Å²) in [5.74, 6) is 0.253. The molecule has 3 N–H and O–H groups in total. The number of halogens is 1. The first-order chi connectivity index (χ1) is 14.9. The van der Waals surface area contributed by atoms with Crippen LogP contribution in [-0.2, 0) is 16.6 Å². The van der Waals surface area contributed by atoms with Crippen LogP contribution in [0.25, 0.3) is 11.5 Å². The number of sulfonamides is 1. The summed E-state index contributed by atoms with van der Waals surface area (Å²) in [5.41, 5.74) is 2.19. The highest BCUT2D eigenvalue weighted by atomic mass is 32.2. The number of nitrogens with zero attached hydrogens (tertiary/aromatic N) is 2. The van der Waals surface area contributed by atoms with Gasteiger partial charge in [0.15, 0.2) is 5.96 Å². The van der Waals surface area contributed by atoms with Gasteiger partial charge in [0.25, 0.3) is 0 Å². The zero-order valence-electron chi connectivity index (χ0n) is 17.2. The van der Waals surface area contributed by atoms with E-state index in [4.69, 9.17) is 4.42 Å². The maximum atomic E-state index is 13.6. The molecule has 1 heterocycles. The first-order valence-electron chi connectivity index (χ1n) is 9.57. The molecule has 3 rings (SSSR count). The van der Waals surface area contributed by atoms with E-state index in [2.05, 4.69) is 25.3 Å². The number of guanidine groups is 1. The molecule has 0 atom stereocenters. The van der Waals surface area contributed by atoms with Gasteiger partial charge in [0.1, 0.15) is 12.1 Å². The highest BCUT2D eigenvalue weighted by Gasteiger charge is 2.12. The SMILES string of the molecule is CN=C(NCCS(=O)(=O)Nc1ccc(C)c(F)c1)NCc1coc(-c2ccccc2)n1. The van der Waals surface area contributed by atoms with E-state index in [0.717, 1.165) is 11.6 Å². The highest BCUT2D eigenvalue weighted by molar-refractivity contribution is 7.92. The Kier molecular flexibility index (Phi) is 7.24. The molecule has 10 heteroatoms. The normalized spacial score (nSPS) is 11.9. The standard InChI is InChI=1S/C21H24FN5O3S/c1-15-8-9-17(12-19(15)22)27-31(28,29)11-10-24-21(23-2)25-13-18-14-30-20(26-18)16-6-4-3-5-7-16/h3-9,12,14,27H,10-11,13H2,1-2H3,(H2,23,24,25). The Balaban J connectivity index is 1.47. The van der Waals surface area contributed by atoms with E-state index in [9.17, 15) is 12.8 Å². The Hall–Kier alpha value is -3.40. The third-order valence-corrected chi connectivity index (χ3v) is 5.63. The Bertz CT molecular complexity index is 1150. The fourth-order valence-corrected chi connectivity index (χ4v) is 3.65. The average molecular weight is 446 g/mol. The van der Waals surface area contributed by atoms with Crippen LogP contribution in [0.1, 0.15) is 11.3 Å². The zero-order chi connectivity index (χ0) is 22.3. The molecule has 0 amide bonds. The van der Waals surface area contributed by atoms with Crippen molar-refractivity contribution in [1.82, 2.24) is 15.6 Å². The summed E-state index contributed by atoms with van der Waals surface area (Å²) in [4.78, 5) is 8.48. The maximum Gasteiger partial charge on any atom is 0.234 e. The van der Waals surface area contributed by atoms with Gasteiger partial charge in [-0.05, 0) is 36.8 Å². The van der Waals surface area contributed by atoms with Gasteiger partial charge in [-0.2, -0.15) is 0 Å². The molecule has 0 fully saturated rings. The van der Waals surface area contributed by atoms with Gasteiger partial charge in [-0.25, -0.2) is 17.8 Å². The molecule has 0 saturated carbocycles. The molecule has 0 unspecified atom stereocenters. The number of benzene rings is 2. The molecule has 0 aliphatic rings. The molecule has 3 aromatic rings. The zero-order valence-corrected chi connectivity index (χ0v) is 18.0. The second kappa shape index (κ2) is 10.1. The van der Waals surface area contributed by atoms with Crippen LogP contribution in [-0.4, -0.2) is 38.7 Å². The number of anilines is 1. The molecular formula is C21H24FN5O3S. The monoisotopic (exact) mass is 445 g/mol. The number of aromatic nitrogens is 1. The van der Waals surface area contributed by atoms with Crippen molar-refractivity contribution in [2.24, 2.45) is 4.99 Å². The topological polar surface area (TPSA) is 109 Å². The lowest BCUT2D eigenvalue weighted by molar-refractivity contribution is 0.572. The molecule has 8 nitrogen and oxygen atoms in total. The molecule has 0 bridgehead atoms. The van der Waals surface area contributed by atoms with Crippen molar-refractivity contribution in [2.45, 2.75) is 13.5 Å². The van der Waals surface area contributed by atoms with Crippen LogP contribution in [0, 0.1) is 12.7 Å². The average Bonchev–Trinajstić information content (AvgIpc) is 3.22. The third-order valence-electron chi connectivity index (χ3n) is 4.34. The van der Waals surface area contributed by atoms with Gasteiger partial charge in [0.2, 0.25) is 15.9 Å². The van der Waals surface area contributed by atoms with Crippen molar-refractivity contribution in [1.29, 1.82) is 0 Å². The van der Waals surface area contributed by atoms with Crippen molar-refractivity contribution in [3.8, 4) is 11.5 Å². The minimum absolute atomic E-state index is 0.109. The van der Waals surface area contributed by atoms with Crippen molar-refractivity contribution >= 4 is 21.7 Å². The Morgan fingerprint density at radius 3 is 2.65 bits per heavy atom. The summed E-state index contributed by atoms with van der Waals surface area (Å²) in [6.07, 6.45) is 1.55. The fourth-order valence-electron chi connectivity index (χ4n) is 2.69. The largest absolute Gasteiger partial charge is 0.444 e. The number of rotatable bonds is 8. The van der Waals surface area contributed by atoms with Crippen LogP contribution in [0.4, 0.5) is 10.1 Å². The van der Waals surface area contributed by atoms with Crippen molar-refractivity contribution in [3.63, 3.8) is 0 Å². The van der Waals surface area contributed by atoms with E-state index in [1.807, 2.05) is 30.3 Å². The van der Waals surface area contributed by atoms with E-state index in [1.165, 1.54) is 12.1 Å². The summed E-state index contributed by atoms with van der Waals surface area (Å²) in [7, 11) is -2.07. The predicted molar refractivity (Wildman–Crippen MR) is 119 cm³/mol. The van der Waals surface area contributed by atoms with Gasteiger partial charge in [0, 0.05) is 19.2 Å². The Morgan fingerprint density at radius 1 is 1.16 bits per heavy atom. The summed E-state index contributed by atoms with van der Waals surface area (Å²) < 4.78 is 45.9. The number of aryl methyl sites for hydroxylation is 1. The van der Waals surface area contributed by atoms with E-state index in [-0.39, 0.29) is 18.0 Å². The quantitative estimate of drug-likeness (QED) is 0.363. The molecule has 0 aliphatic carbocycles. The molecular weight excluding hydrogens is 421 g/mol. The van der Waals surface area contributed by atoms with Gasteiger partial charge in [-0.3, -0.25) is 9.71 Å². The predicted octanol–water partition coefficient (Wildman–Crippen LogP) is 2.90. The minimum Gasteiger partial charge on any atom is -0.444 e. The van der Waals surface area contributed by atoms with Gasteiger partial charge in [-0.1, -0.05) is 24.3 Å². The Labute approximate surface area is 180 Å². The Morgan fingerprint density at radius 2 is 1.94 bits per heavy atom. The van der Waals surface area contributed by atoms with E-state index < -0.39 is 15.8 Å². The maximum absolute atomic E-state index is 13.6. The molecule has 0 saturated heterocycles. The third kappa shape index (κ3) is 6.54. The molecule has 164 valence electrons. The lowest BCUT2D eigenvalue weighted by Gasteiger charge is -2.12. The van der Waals surface area contributed by atoms with Crippen LogP contribution < -0.4 is 15.4 Å². The highest BCUT2D eigenvalue weighted by Crippen LogP contribution is 2.18. The second-order valence-electron chi connectivity index (χ2n) is 6.75. The molecule has 0 radical (unpaired) electrons. The molecule has 0 aliphatic heterocycles. The number of oxazole rings is 1. The molecule has 2 aromatic carbocycles. The van der Waals surface area contributed by atoms with Crippen molar-refractivity contribution in [2.75, 3.05) is 24.1 Å². The molecule has 31 heavy (non-hydrogen) atoms. The summed E-state index contributed by atoms with van der Waals surface area (Å²) in [6.45, 7) is 2.07. The van der Waals surface area contributed by atoms with Gasteiger partial charge >= 0.3 is 0 Å². The number of aliphatic imine (C=N–C) groups is 1. The summed E-state index contributed by atoms with van der Waals surface area (Å²) in [6, 6.07) is 13.7. The fraction of sp³-hybridized carbons (Fsp3) is 0.238. The van der Waals surface area contributed by atoms with Crippen LogP contribution in [0.2, 0.25) is 0 Å². The van der Waals surface area contributed by atoms with E-state index >= 15 is 0 Å². The lowest BCUT2D eigenvalue weighted by atomic mass is 10.2. The van der Waals surface area contributed by atoms with Gasteiger partial charge in [0.05, 0.1) is 23.7 Å². The number of hydrogen-bond donors (Lipinski definition) is 3. The summed E-state index contributed by atoms with van der Waals surface area (Å²) >= 11 is 0. The first-order valence-corrected chi connectivity index (χ1v) is 11.2. The van der Waals surface area contributed by atoms with Crippen molar-refractivity contribution in [3.05, 3.63) is 71.9 Å². The molecule has 0 spiro atoms. The molecule has 1 aromatic heterocycles. The van der Waals surface area contributed by atoms with Crippen LogP contribution in [0.5, 0.6) is 0 Å². The van der Waals surface area contributed by atoms with E-state index in [0.29, 0.717) is 29.7 Å².